The molecule has 1 aliphatic rings. The minimum Gasteiger partial charge on any atom is -0.480 e. The SMILES string of the molecule is CN(CCCN(C)C(=O)OC(C)(C)C)Cc1c[nH]c2ncnc(Nc3ccc(N4CCCC4)c(OCC(=O)O)c3)c12. The Morgan fingerprint density at radius 1 is 1.15 bits per heavy atom. The molecule has 222 valence electrons. The zero-order valence-corrected chi connectivity index (χ0v) is 24.6. The highest BCUT2D eigenvalue weighted by Gasteiger charge is 2.21. The molecule has 0 bridgehead atoms. The van der Waals surface area contributed by atoms with Gasteiger partial charge in [0.1, 0.15) is 29.1 Å². The first-order valence-electron chi connectivity index (χ1n) is 13.9. The topological polar surface area (TPSA) is 136 Å². The fraction of sp³-hybridized carbons (Fsp3) is 0.517. The number of fused-ring (bicyclic) bond motifs is 1. The maximum Gasteiger partial charge on any atom is 0.410 e. The molecule has 12 nitrogen and oxygen atoms in total. The second-order valence-electron chi connectivity index (χ2n) is 11.4. The molecule has 1 aromatic carbocycles. The Balaban J connectivity index is 1.44. The van der Waals surface area contributed by atoms with Gasteiger partial charge in [0.2, 0.25) is 0 Å². The molecule has 2 aromatic heterocycles. The molecule has 3 aromatic rings. The predicted molar refractivity (Wildman–Crippen MR) is 158 cm³/mol. The van der Waals surface area contributed by atoms with E-state index in [4.69, 9.17) is 9.47 Å². The smallest absolute Gasteiger partial charge is 0.410 e. The Kier molecular flexibility index (Phi) is 9.53. The molecule has 41 heavy (non-hydrogen) atoms. The maximum absolute atomic E-state index is 12.2. The lowest BCUT2D eigenvalue weighted by atomic mass is 10.2. The van der Waals surface area contributed by atoms with Crippen LogP contribution in [-0.4, -0.2) is 94.4 Å². The molecule has 3 heterocycles. The predicted octanol–water partition coefficient (Wildman–Crippen LogP) is 4.45. The molecule has 1 fully saturated rings. The van der Waals surface area contributed by atoms with Gasteiger partial charge in [0.25, 0.3) is 0 Å². The fourth-order valence-corrected chi connectivity index (χ4v) is 4.83. The number of hydrogen-bond donors (Lipinski definition) is 3. The van der Waals surface area contributed by atoms with E-state index in [2.05, 4.69) is 30.1 Å². The molecule has 1 amide bonds. The van der Waals surface area contributed by atoms with Gasteiger partial charge in [-0.2, -0.15) is 0 Å². The molecule has 1 saturated heterocycles. The highest BCUT2D eigenvalue weighted by atomic mass is 16.6. The van der Waals surface area contributed by atoms with Crippen LogP contribution >= 0.6 is 0 Å². The van der Waals surface area contributed by atoms with E-state index in [1.54, 1.807) is 11.9 Å². The summed E-state index contributed by atoms with van der Waals surface area (Å²) in [6.07, 6.45) is 6.10. The molecule has 3 N–H and O–H groups in total. The average Bonchev–Trinajstić information content (AvgIpc) is 3.58. The van der Waals surface area contributed by atoms with E-state index in [0.29, 0.717) is 30.3 Å². The number of aliphatic carboxylic acids is 1. The first-order valence-corrected chi connectivity index (χ1v) is 13.9. The lowest BCUT2D eigenvalue weighted by Gasteiger charge is -2.25. The van der Waals surface area contributed by atoms with Crippen LogP contribution in [0, 0.1) is 0 Å². The van der Waals surface area contributed by atoms with Gasteiger partial charge < -0.3 is 39.6 Å². The number of nitrogens with zero attached hydrogens (tertiary/aromatic N) is 5. The third-order valence-corrected chi connectivity index (χ3v) is 6.75. The fourth-order valence-electron chi connectivity index (χ4n) is 4.83. The molecule has 1 aliphatic heterocycles. The minimum absolute atomic E-state index is 0.324. The number of nitrogens with one attached hydrogen (secondary N) is 2. The van der Waals surface area contributed by atoms with Gasteiger partial charge in [-0.15, -0.1) is 0 Å². The van der Waals surface area contributed by atoms with E-state index in [1.807, 2.05) is 52.2 Å². The number of H-pyrrole nitrogens is 1. The van der Waals surface area contributed by atoms with Gasteiger partial charge in [0.15, 0.2) is 6.61 Å². The van der Waals surface area contributed by atoms with E-state index in [1.165, 1.54) is 6.33 Å². The summed E-state index contributed by atoms with van der Waals surface area (Å²) in [5.74, 6) is 0.142. The van der Waals surface area contributed by atoms with E-state index >= 15 is 0 Å². The van der Waals surface area contributed by atoms with Crippen LogP contribution in [0.5, 0.6) is 5.75 Å². The van der Waals surface area contributed by atoms with E-state index in [-0.39, 0.29) is 6.09 Å². The number of carbonyl (C=O) groups is 2. The van der Waals surface area contributed by atoms with Crippen LogP contribution in [0.4, 0.5) is 22.0 Å². The van der Waals surface area contributed by atoms with Crippen LogP contribution in [0.25, 0.3) is 11.0 Å². The number of aromatic amines is 1. The lowest BCUT2D eigenvalue weighted by molar-refractivity contribution is -0.139. The van der Waals surface area contributed by atoms with Crippen molar-refractivity contribution < 1.29 is 24.2 Å². The largest absolute Gasteiger partial charge is 0.480 e. The number of hydrogen-bond acceptors (Lipinski definition) is 9. The summed E-state index contributed by atoms with van der Waals surface area (Å²) in [6.45, 7) is 9.01. The van der Waals surface area contributed by atoms with Crippen molar-refractivity contribution in [1.82, 2.24) is 24.8 Å². The Morgan fingerprint density at radius 2 is 1.90 bits per heavy atom. The van der Waals surface area contributed by atoms with Crippen LogP contribution in [0.3, 0.4) is 0 Å². The summed E-state index contributed by atoms with van der Waals surface area (Å²) in [7, 11) is 3.78. The third-order valence-electron chi connectivity index (χ3n) is 6.75. The highest BCUT2D eigenvalue weighted by Crippen LogP contribution is 2.35. The van der Waals surface area contributed by atoms with Crippen LogP contribution in [0.15, 0.2) is 30.7 Å². The molecular weight excluding hydrogens is 526 g/mol. The van der Waals surface area contributed by atoms with Crippen molar-refractivity contribution in [2.45, 2.75) is 52.2 Å². The van der Waals surface area contributed by atoms with E-state index < -0.39 is 18.2 Å². The van der Waals surface area contributed by atoms with Gasteiger partial charge >= 0.3 is 12.1 Å². The molecule has 12 heteroatoms. The summed E-state index contributed by atoms with van der Waals surface area (Å²) in [5, 5.41) is 13.4. The van der Waals surface area contributed by atoms with Gasteiger partial charge in [-0.05, 0) is 71.3 Å². The quantitative estimate of drug-likeness (QED) is 0.288. The molecule has 0 radical (unpaired) electrons. The van der Waals surface area contributed by atoms with Gasteiger partial charge in [-0.3, -0.25) is 0 Å². The number of ether oxygens (including phenoxy) is 2. The van der Waals surface area contributed by atoms with Crippen LogP contribution in [-0.2, 0) is 16.1 Å². The molecular formula is C29H41N7O5. The first-order chi connectivity index (χ1) is 19.5. The van der Waals surface area contributed by atoms with Crippen molar-refractivity contribution in [2.24, 2.45) is 0 Å². The van der Waals surface area contributed by atoms with Gasteiger partial charge in [0, 0.05) is 51.2 Å². The van der Waals surface area contributed by atoms with Gasteiger partial charge in [0.05, 0.1) is 11.1 Å². The van der Waals surface area contributed by atoms with Gasteiger partial charge in [-0.25, -0.2) is 19.6 Å². The Bertz CT molecular complexity index is 1350. The minimum atomic E-state index is -1.02. The zero-order chi connectivity index (χ0) is 29.6. The van der Waals surface area contributed by atoms with Crippen molar-refractivity contribution in [3.63, 3.8) is 0 Å². The van der Waals surface area contributed by atoms with Crippen molar-refractivity contribution in [3.05, 3.63) is 36.3 Å². The molecule has 0 spiro atoms. The summed E-state index contributed by atoms with van der Waals surface area (Å²) >= 11 is 0. The zero-order valence-electron chi connectivity index (χ0n) is 24.6. The molecule has 0 atom stereocenters. The summed E-state index contributed by atoms with van der Waals surface area (Å²) in [5.41, 5.74) is 2.85. The van der Waals surface area contributed by atoms with Crippen molar-refractivity contribution in [2.75, 3.05) is 57.1 Å². The van der Waals surface area contributed by atoms with Crippen molar-refractivity contribution in [1.29, 1.82) is 0 Å². The number of benzene rings is 1. The second kappa shape index (κ2) is 13.1. The second-order valence-corrected chi connectivity index (χ2v) is 11.4. The van der Waals surface area contributed by atoms with Crippen LogP contribution in [0.2, 0.25) is 0 Å². The Labute approximate surface area is 240 Å². The van der Waals surface area contributed by atoms with Crippen molar-refractivity contribution in [3.8, 4) is 5.75 Å². The average molecular weight is 568 g/mol. The summed E-state index contributed by atoms with van der Waals surface area (Å²) in [4.78, 5) is 41.6. The number of carboxylic acids is 1. The third kappa shape index (κ3) is 8.23. The standard InChI is InChI=1S/C29H41N7O5/c1-29(2,3)41-28(39)35(5)12-8-11-34(4)17-20-16-30-26-25(20)27(32-19-31-26)33-21-9-10-22(36-13-6-7-14-36)23(15-21)40-18-24(37)38/h9-10,15-16,19H,6-8,11-14,17-18H2,1-5H3,(H,37,38)(H2,30,31,32,33). The molecule has 4 rings (SSSR count). The number of carbonyl (C=O) groups excluding carboxylic acids is 1. The highest BCUT2D eigenvalue weighted by molar-refractivity contribution is 5.92. The number of carboxylic acid groups (broad SMARTS) is 1. The summed E-state index contributed by atoms with van der Waals surface area (Å²) < 4.78 is 11.1. The summed E-state index contributed by atoms with van der Waals surface area (Å²) in [6, 6.07) is 5.74. The monoisotopic (exact) mass is 567 g/mol. The van der Waals surface area contributed by atoms with Gasteiger partial charge in [-0.1, -0.05) is 0 Å². The number of amides is 1. The number of rotatable bonds is 12. The lowest BCUT2D eigenvalue weighted by Crippen LogP contribution is -2.35. The number of anilines is 3. The normalized spacial score (nSPS) is 13.6. The maximum atomic E-state index is 12.2. The molecule has 0 unspecified atom stereocenters. The van der Waals surface area contributed by atoms with Crippen molar-refractivity contribution >= 4 is 40.3 Å². The molecule has 0 saturated carbocycles. The first kappa shape index (κ1) is 29.9. The van der Waals surface area contributed by atoms with Crippen LogP contribution in [0.1, 0.15) is 45.6 Å². The molecule has 0 aliphatic carbocycles. The Morgan fingerprint density at radius 3 is 2.61 bits per heavy atom. The van der Waals surface area contributed by atoms with E-state index in [9.17, 15) is 14.7 Å². The van der Waals surface area contributed by atoms with Crippen LogP contribution < -0.4 is 15.0 Å². The Hall–Kier alpha value is -4.06. The number of aromatic nitrogens is 3. The van der Waals surface area contributed by atoms with E-state index in [0.717, 1.165) is 61.2 Å².